The van der Waals surface area contributed by atoms with Gasteiger partial charge in [0.2, 0.25) is 0 Å². The highest BCUT2D eigenvalue weighted by Gasteiger charge is 2.21. The quantitative estimate of drug-likeness (QED) is 0.720. The van der Waals surface area contributed by atoms with Crippen LogP contribution in [0, 0.1) is 5.92 Å². The van der Waals surface area contributed by atoms with Crippen molar-refractivity contribution in [2.75, 3.05) is 25.0 Å². The minimum atomic E-state index is -0.238. The average molecular weight is 395 g/mol. The molecule has 5 nitrogen and oxygen atoms in total. The van der Waals surface area contributed by atoms with E-state index in [1.165, 1.54) is 6.42 Å². The maximum Gasteiger partial charge on any atom is 0.255 e. The van der Waals surface area contributed by atoms with Crippen molar-refractivity contribution in [3.63, 3.8) is 0 Å². The van der Waals surface area contributed by atoms with Gasteiger partial charge in [-0.2, -0.15) is 0 Å². The second-order valence-corrected chi connectivity index (χ2v) is 7.91. The number of rotatable bonds is 7. The largest absolute Gasteiger partial charge is 0.494 e. The summed E-state index contributed by atoms with van der Waals surface area (Å²) >= 11 is 0. The van der Waals surface area contributed by atoms with E-state index >= 15 is 0 Å². The highest BCUT2D eigenvalue weighted by Crippen LogP contribution is 2.21. The van der Waals surface area contributed by atoms with Gasteiger partial charge in [-0.25, -0.2) is 0 Å². The van der Waals surface area contributed by atoms with E-state index in [9.17, 15) is 9.59 Å². The summed E-state index contributed by atoms with van der Waals surface area (Å²) in [5, 5.41) is 2.90. The minimum absolute atomic E-state index is 0.0190. The van der Waals surface area contributed by atoms with Crippen LogP contribution in [0.2, 0.25) is 0 Å². The number of hydrogen-bond donors (Lipinski definition) is 1. The van der Waals surface area contributed by atoms with Gasteiger partial charge in [-0.3, -0.25) is 9.59 Å². The van der Waals surface area contributed by atoms with E-state index in [-0.39, 0.29) is 11.8 Å². The minimum Gasteiger partial charge on any atom is -0.494 e. The van der Waals surface area contributed by atoms with Crippen LogP contribution in [-0.2, 0) is 0 Å². The third-order valence-corrected chi connectivity index (χ3v) is 5.13. The van der Waals surface area contributed by atoms with Gasteiger partial charge in [0.1, 0.15) is 5.75 Å². The zero-order chi connectivity index (χ0) is 20.6. The summed E-state index contributed by atoms with van der Waals surface area (Å²) in [5.74, 6) is 1.09. The number of likely N-dealkylation sites (tertiary alicyclic amines) is 1. The van der Waals surface area contributed by atoms with Gasteiger partial charge in [0.15, 0.2) is 0 Å². The molecule has 1 fully saturated rings. The first-order valence-corrected chi connectivity index (χ1v) is 10.5. The summed E-state index contributed by atoms with van der Waals surface area (Å²) in [4.78, 5) is 27.5. The van der Waals surface area contributed by atoms with E-state index in [0.29, 0.717) is 29.3 Å². The Morgan fingerprint density at radius 1 is 1.00 bits per heavy atom. The molecule has 0 bridgehead atoms. The first-order chi connectivity index (χ1) is 14.0. The van der Waals surface area contributed by atoms with E-state index in [1.54, 1.807) is 36.4 Å². The Hall–Kier alpha value is -2.82. The molecule has 1 saturated heterocycles. The van der Waals surface area contributed by atoms with Crippen LogP contribution in [0.4, 0.5) is 5.69 Å². The van der Waals surface area contributed by atoms with Crippen LogP contribution in [0.15, 0.2) is 48.5 Å². The molecule has 2 amide bonds. The van der Waals surface area contributed by atoms with Gasteiger partial charge in [0.05, 0.1) is 17.9 Å². The van der Waals surface area contributed by atoms with Crippen molar-refractivity contribution in [2.45, 2.75) is 39.5 Å². The second kappa shape index (κ2) is 10.1. The van der Waals surface area contributed by atoms with Crippen LogP contribution in [0.25, 0.3) is 0 Å². The molecule has 0 aliphatic carbocycles. The van der Waals surface area contributed by atoms with Crippen LogP contribution in [0.1, 0.15) is 60.2 Å². The highest BCUT2D eigenvalue weighted by molar-refractivity contribution is 6.09. The first-order valence-electron chi connectivity index (χ1n) is 10.5. The van der Waals surface area contributed by atoms with Crippen molar-refractivity contribution in [3.05, 3.63) is 59.7 Å². The van der Waals surface area contributed by atoms with E-state index in [0.717, 1.165) is 38.1 Å². The molecule has 0 spiro atoms. The Kier molecular flexibility index (Phi) is 7.28. The van der Waals surface area contributed by atoms with E-state index < -0.39 is 0 Å². The topological polar surface area (TPSA) is 58.6 Å². The summed E-state index contributed by atoms with van der Waals surface area (Å²) < 4.78 is 5.71. The SMILES string of the molecule is CC(C)CCOc1ccc(C(=O)Nc2ccccc2C(=O)N2CCCCC2)cc1. The highest BCUT2D eigenvalue weighted by atomic mass is 16.5. The normalized spacial score (nSPS) is 14.0. The van der Waals surface area contributed by atoms with Gasteiger partial charge >= 0.3 is 0 Å². The molecule has 1 heterocycles. The van der Waals surface area contributed by atoms with Gasteiger partial charge in [0, 0.05) is 18.7 Å². The van der Waals surface area contributed by atoms with Gasteiger partial charge in [0.25, 0.3) is 11.8 Å². The third kappa shape index (κ3) is 5.83. The monoisotopic (exact) mass is 394 g/mol. The Bertz CT molecular complexity index is 824. The number of carbonyl (C=O) groups is 2. The second-order valence-electron chi connectivity index (χ2n) is 7.91. The number of anilines is 1. The molecule has 1 aliphatic heterocycles. The lowest BCUT2D eigenvalue weighted by molar-refractivity contribution is 0.0725. The molecule has 1 N–H and O–H groups in total. The maximum atomic E-state index is 12.9. The molecule has 0 aromatic heterocycles. The summed E-state index contributed by atoms with van der Waals surface area (Å²) in [7, 11) is 0. The summed E-state index contributed by atoms with van der Waals surface area (Å²) in [6.07, 6.45) is 4.22. The number of nitrogens with one attached hydrogen (secondary N) is 1. The molecule has 3 rings (SSSR count). The number of hydrogen-bond acceptors (Lipinski definition) is 3. The molecule has 1 aliphatic rings. The molecular formula is C24H30N2O3. The van der Waals surface area contributed by atoms with E-state index in [4.69, 9.17) is 4.74 Å². The van der Waals surface area contributed by atoms with E-state index in [2.05, 4.69) is 19.2 Å². The molecule has 2 aromatic carbocycles. The van der Waals surface area contributed by atoms with Gasteiger partial charge in [-0.05, 0) is 68.0 Å². The number of nitrogens with zero attached hydrogens (tertiary/aromatic N) is 1. The zero-order valence-electron chi connectivity index (χ0n) is 17.3. The predicted octanol–water partition coefficient (Wildman–Crippen LogP) is 4.99. The smallest absolute Gasteiger partial charge is 0.255 e. The zero-order valence-corrected chi connectivity index (χ0v) is 17.3. The molecule has 0 saturated carbocycles. The van der Waals surface area contributed by atoms with Crippen LogP contribution in [0.3, 0.4) is 0 Å². The molecular weight excluding hydrogens is 364 g/mol. The van der Waals surface area contributed by atoms with Crippen LogP contribution < -0.4 is 10.1 Å². The third-order valence-electron chi connectivity index (χ3n) is 5.13. The molecule has 0 unspecified atom stereocenters. The summed E-state index contributed by atoms with van der Waals surface area (Å²) in [5.41, 5.74) is 1.61. The summed E-state index contributed by atoms with van der Waals surface area (Å²) in [6.45, 7) is 6.53. The van der Waals surface area contributed by atoms with Crippen LogP contribution in [-0.4, -0.2) is 36.4 Å². The number of amides is 2. The molecule has 0 atom stereocenters. The Labute approximate surface area is 173 Å². The van der Waals surface area contributed by atoms with Crippen molar-refractivity contribution in [1.29, 1.82) is 0 Å². The Balaban J connectivity index is 1.65. The van der Waals surface area contributed by atoms with Crippen LogP contribution in [0.5, 0.6) is 5.75 Å². The fourth-order valence-corrected chi connectivity index (χ4v) is 3.36. The standard InChI is InChI=1S/C24H30N2O3/c1-18(2)14-17-29-20-12-10-19(11-13-20)23(27)25-22-9-5-4-8-21(22)24(28)26-15-6-3-7-16-26/h4-5,8-13,18H,3,6-7,14-17H2,1-2H3,(H,25,27). The molecule has 2 aromatic rings. The van der Waals surface area contributed by atoms with Crippen molar-refractivity contribution in [2.24, 2.45) is 5.92 Å². The molecule has 154 valence electrons. The molecule has 5 heteroatoms. The molecule has 0 radical (unpaired) electrons. The number of para-hydroxylation sites is 1. The molecule has 29 heavy (non-hydrogen) atoms. The van der Waals surface area contributed by atoms with Crippen LogP contribution >= 0.6 is 0 Å². The lowest BCUT2D eigenvalue weighted by Crippen LogP contribution is -2.36. The summed E-state index contributed by atoms with van der Waals surface area (Å²) in [6, 6.07) is 14.3. The number of ether oxygens (including phenoxy) is 1. The van der Waals surface area contributed by atoms with Gasteiger partial charge < -0.3 is 15.0 Å². The van der Waals surface area contributed by atoms with Crippen molar-refractivity contribution in [1.82, 2.24) is 4.90 Å². The fraction of sp³-hybridized carbons (Fsp3) is 0.417. The lowest BCUT2D eigenvalue weighted by atomic mass is 10.1. The Morgan fingerprint density at radius 2 is 1.69 bits per heavy atom. The fourth-order valence-electron chi connectivity index (χ4n) is 3.36. The average Bonchev–Trinajstić information content (AvgIpc) is 2.74. The van der Waals surface area contributed by atoms with Gasteiger partial charge in [-0.15, -0.1) is 0 Å². The number of benzene rings is 2. The first kappa shape index (κ1) is 20.9. The number of piperidine rings is 1. The number of carbonyl (C=O) groups excluding carboxylic acids is 2. The maximum absolute atomic E-state index is 12.9. The van der Waals surface area contributed by atoms with Crippen molar-refractivity contribution in [3.8, 4) is 5.75 Å². The van der Waals surface area contributed by atoms with Gasteiger partial charge in [-0.1, -0.05) is 26.0 Å². The predicted molar refractivity (Wildman–Crippen MR) is 116 cm³/mol. The van der Waals surface area contributed by atoms with Crippen molar-refractivity contribution >= 4 is 17.5 Å². The lowest BCUT2D eigenvalue weighted by Gasteiger charge is -2.27. The van der Waals surface area contributed by atoms with E-state index in [1.807, 2.05) is 17.0 Å². The Morgan fingerprint density at radius 3 is 2.38 bits per heavy atom. The van der Waals surface area contributed by atoms with Crippen molar-refractivity contribution < 1.29 is 14.3 Å².